The highest BCUT2D eigenvalue weighted by Gasteiger charge is 2.06. The minimum absolute atomic E-state index is 0.354. The predicted molar refractivity (Wildman–Crippen MR) is 49.0 cm³/mol. The molecule has 1 unspecified atom stereocenters. The first-order chi connectivity index (χ1) is 5.25. The van der Waals surface area contributed by atoms with Crippen molar-refractivity contribution in [1.82, 2.24) is 0 Å². The summed E-state index contributed by atoms with van der Waals surface area (Å²) in [5.74, 6) is -0.879. The molecule has 1 rings (SSSR count). The lowest BCUT2D eigenvalue weighted by molar-refractivity contribution is 0.0693. The Morgan fingerprint density at radius 3 is 2.55 bits per heavy atom. The van der Waals surface area contributed by atoms with Gasteiger partial charge in [0.05, 0.1) is 5.56 Å². The van der Waals surface area contributed by atoms with E-state index in [2.05, 4.69) is 8.44 Å². The molecule has 0 fully saturated rings. The van der Waals surface area contributed by atoms with Crippen molar-refractivity contribution in [2.24, 2.45) is 0 Å². The number of carbonyl (C=O) groups is 1. The molecule has 0 heterocycles. The zero-order valence-electron chi connectivity index (χ0n) is 5.65. The fraction of sp³-hybridized carbons (Fsp3) is 0. The van der Waals surface area contributed by atoms with Crippen molar-refractivity contribution in [2.45, 2.75) is 4.90 Å². The average Bonchev–Trinajstić information content (AvgIpc) is 2.04. The zero-order chi connectivity index (χ0) is 8.27. The van der Waals surface area contributed by atoms with E-state index >= 15 is 0 Å². The molecule has 0 spiro atoms. The summed E-state index contributed by atoms with van der Waals surface area (Å²) in [6.45, 7) is 0. The normalized spacial score (nSPS) is 9.55. The van der Waals surface area contributed by atoms with E-state index in [1.165, 1.54) is 11.4 Å². The summed E-state index contributed by atoms with van der Waals surface area (Å²) in [5, 5.41) is 8.67. The number of benzene rings is 1. The lowest BCUT2D eigenvalue weighted by Crippen LogP contribution is -1.96. The molecule has 0 aliphatic rings. The van der Waals surface area contributed by atoms with Crippen LogP contribution in [0.5, 0.6) is 0 Å². The van der Waals surface area contributed by atoms with Crippen LogP contribution in [0, 0.1) is 0 Å². The highest BCUT2D eigenvalue weighted by atomic mass is 32.7. The van der Waals surface area contributed by atoms with E-state index in [1.54, 1.807) is 18.2 Å². The topological polar surface area (TPSA) is 37.3 Å². The van der Waals surface area contributed by atoms with E-state index in [4.69, 9.17) is 5.11 Å². The van der Waals surface area contributed by atoms with Gasteiger partial charge in [0.1, 0.15) is 0 Å². The fourth-order valence-corrected chi connectivity index (χ4v) is 1.80. The minimum Gasteiger partial charge on any atom is -0.478 e. The first-order valence-corrected chi connectivity index (χ1v) is 5.24. The molecule has 0 saturated heterocycles. The standard InChI is InChI=1S/C7H7O2PS/c8-7(9)5-3-1-2-4-6(5)11-10/h1-4H,10H2,(H,8,9). The fourth-order valence-electron chi connectivity index (χ4n) is 0.746. The SMILES string of the molecule is O=C(O)c1ccccc1SP. The number of hydrogen-bond acceptors (Lipinski definition) is 2. The molecule has 2 nitrogen and oxygen atoms in total. The maximum absolute atomic E-state index is 10.6. The van der Waals surface area contributed by atoms with Gasteiger partial charge in [-0.25, -0.2) is 4.79 Å². The van der Waals surface area contributed by atoms with E-state index in [0.717, 1.165) is 4.90 Å². The first-order valence-electron chi connectivity index (χ1n) is 2.94. The van der Waals surface area contributed by atoms with Gasteiger partial charge in [0.25, 0.3) is 0 Å². The van der Waals surface area contributed by atoms with E-state index < -0.39 is 5.97 Å². The van der Waals surface area contributed by atoms with Crippen LogP contribution in [-0.2, 0) is 0 Å². The van der Waals surface area contributed by atoms with Gasteiger partial charge in [-0.15, -0.1) is 11.4 Å². The Kier molecular flexibility index (Phi) is 2.92. The van der Waals surface area contributed by atoms with Crippen molar-refractivity contribution in [1.29, 1.82) is 0 Å². The van der Waals surface area contributed by atoms with Gasteiger partial charge >= 0.3 is 5.97 Å². The first kappa shape index (κ1) is 8.57. The Morgan fingerprint density at radius 2 is 2.09 bits per heavy atom. The molecular weight excluding hydrogens is 179 g/mol. The molecule has 0 aromatic heterocycles. The highest BCUT2D eigenvalue weighted by Crippen LogP contribution is 2.27. The Balaban J connectivity index is 3.12. The quantitative estimate of drug-likeness (QED) is 0.720. The van der Waals surface area contributed by atoms with Crippen LogP contribution in [0.2, 0.25) is 0 Å². The number of carboxylic acid groups (broad SMARTS) is 1. The molecule has 1 aromatic rings. The van der Waals surface area contributed by atoms with Gasteiger partial charge in [0.15, 0.2) is 0 Å². The molecule has 4 heteroatoms. The van der Waals surface area contributed by atoms with Crippen LogP contribution < -0.4 is 0 Å². The molecule has 0 aliphatic carbocycles. The maximum Gasteiger partial charge on any atom is 0.336 e. The smallest absolute Gasteiger partial charge is 0.336 e. The Hall–Kier alpha value is -0.530. The van der Waals surface area contributed by atoms with Crippen LogP contribution in [0.4, 0.5) is 0 Å². The van der Waals surface area contributed by atoms with E-state index in [0.29, 0.717) is 5.56 Å². The number of hydrogen-bond donors (Lipinski definition) is 1. The molecule has 1 aromatic carbocycles. The summed E-state index contributed by atoms with van der Waals surface area (Å²) in [4.78, 5) is 11.3. The minimum atomic E-state index is -0.879. The zero-order valence-corrected chi connectivity index (χ0v) is 7.62. The third kappa shape index (κ3) is 1.95. The molecule has 11 heavy (non-hydrogen) atoms. The van der Waals surface area contributed by atoms with Gasteiger partial charge in [0.2, 0.25) is 0 Å². The summed E-state index contributed by atoms with van der Waals surface area (Å²) in [6.07, 6.45) is 0. The van der Waals surface area contributed by atoms with Gasteiger partial charge in [-0.2, -0.15) is 0 Å². The molecule has 0 aliphatic heterocycles. The van der Waals surface area contributed by atoms with Gasteiger partial charge in [0, 0.05) is 4.90 Å². The average molecular weight is 186 g/mol. The van der Waals surface area contributed by atoms with Gasteiger partial charge in [-0.3, -0.25) is 0 Å². The predicted octanol–water partition coefficient (Wildman–Crippen LogP) is 2.27. The second kappa shape index (κ2) is 3.74. The van der Waals surface area contributed by atoms with Gasteiger partial charge in [-0.1, -0.05) is 20.6 Å². The molecule has 0 saturated carbocycles. The van der Waals surface area contributed by atoms with Crippen LogP contribution in [-0.4, -0.2) is 11.1 Å². The van der Waals surface area contributed by atoms with Crippen molar-refractivity contribution in [2.75, 3.05) is 0 Å². The van der Waals surface area contributed by atoms with Crippen LogP contribution in [0.25, 0.3) is 0 Å². The number of carboxylic acids is 1. The highest BCUT2D eigenvalue weighted by molar-refractivity contribution is 8.43. The van der Waals surface area contributed by atoms with E-state index in [9.17, 15) is 4.79 Å². The van der Waals surface area contributed by atoms with Crippen molar-refractivity contribution in [3.63, 3.8) is 0 Å². The molecule has 1 N–H and O–H groups in total. The molecule has 0 radical (unpaired) electrons. The van der Waals surface area contributed by atoms with Crippen molar-refractivity contribution < 1.29 is 9.90 Å². The van der Waals surface area contributed by atoms with Crippen LogP contribution in [0.15, 0.2) is 29.2 Å². The van der Waals surface area contributed by atoms with Crippen LogP contribution >= 0.6 is 19.8 Å². The lowest BCUT2D eigenvalue weighted by atomic mass is 10.2. The van der Waals surface area contributed by atoms with Crippen molar-refractivity contribution in [3.8, 4) is 0 Å². The summed E-state index contributed by atoms with van der Waals surface area (Å²) >= 11 is 1.36. The van der Waals surface area contributed by atoms with Crippen LogP contribution in [0.1, 0.15) is 10.4 Å². The van der Waals surface area contributed by atoms with Gasteiger partial charge in [-0.05, 0) is 12.1 Å². The second-order valence-electron chi connectivity index (χ2n) is 1.92. The summed E-state index contributed by atoms with van der Waals surface area (Å²) in [5.41, 5.74) is 0.354. The number of aromatic carboxylic acids is 1. The third-order valence-corrected chi connectivity index (χ3v) is 2.62. The Bertz CT molecular complexity index is 275. The monoisotopic (exact) mass is 186 g/mol. The largest absolute Gasteiger partial charge is 0.478 e. The summed E-state index contributed by atoms with van der Waals surface area (Å²) in [7, 11) is 2.43. The Labute approximate surface area is 71.0 Å². The molecule has 1 atom stereocenters. The Morgan fingerprint density at radius 1 is 1.45 bits per heavy atom. The van der Waals surface area contributed by atoms with Crippen molar-refractivity contribution >= 4 is 25.8 Å². The molecule has 0 amide bonds. The van der Waals surface area contributed by atoms with E-state index in [1.807, 2.05) is 6.07 Å². The van der Waals surface area contributed by atoms with Gasteiger partial charge < -0.3 is 5.11 Å². The van der Waals surface area contributed by atoms with E-state index in [-0.39, 0.29) is 0 Å². The molecular formula is C7H7O2PS. The number of rotatable bonds is 2. The lowest BCUT2D eigenvalue weighted by Gasteiger charge is -1.99. The molecule has 0 bridgehead atoms. The van der Waals surface area contributed by atoms with Crippen LogP contribution in [0.3, 0.4) is 0 Å². The molecule has 58 valence electrons. The van der Waals surface area contributed by atoms with Crippen molar-refractivity contribution in [3.05, 3.63) is 29.8 Å². The third-order valence-electron chi connectivity index (χ3n) is 1.24. The summed E-state index contributed by atoms with van der Waals surface area (Å²) in [6, 6.07) is 6.91. The second-order valence-corrected chi connectivity index (χ2v) is 3.30. The maximum atomic E-state index is 10.6. The summed E-state index contributed by atoms with van der Waals surface area (Å²) < 4.78 is 0.